The highest BCUT2D eigenvalue weighted by Crippen LogP contribution is 2.14. The molecule has 0 bridgehead atoms. The minimum atomic E-state index is -3.39. The Kier molecular flexibility index (Phi) is 8.60. The van der Waals surface area contributed by atoms with Crippen molar-refractivity contribution in [3.05, 3.63) is 35.9 Å². The number of hydrogen-bond acceptors (Lipinski definition) is 6. The molecule has 9 heteroatoms. The van der Waals surface area contributed by atoms with Crippen LogP contribution in [0, 0.1) is 5.92 Å². The molecule has 8 nitrogen and oxygen atoms in total. The zero-order chi connectivity index (χ0) is 21.4. The molecular weight excluding hydrogens is 394 g/mol. The molecule has 1 aliphatic heterocycles. The van der Waals surface area contributed by atoms with Crippen molar-refractivity contribution >= 4 is 21.9 Å². The first-order chi connectivity index (χ1) is 13.8. The van der Waals surface area contributed by atoms with Gasteiger partial charge in [-0.3, -0.25) is 9.69 Å². The highest BCUT2D eigenvalue weighted by Gasteiger charge is 2.30. The summed E-state index contributed by atoms with van der Waals surface area (Å²) in [6.45, 7) is 5.57. The summed E-state index contributed by atoms with van der Waals surface area (Å²) >= 11 is 0. The second-order valence-electron chi connectivity index (χ2n) is 7.37. The lowest BCUT2D eigenvalue weighted by atomic mass is 9.99. The number of piperazine rings is 1. The van der Waals surface area contributed by atoms with Gasteiger partial charge in [0.2, 0.25) is 15.9 Å². The Balaban J connectivity index is 1.85. The van der Waals surface area contributed by atoms with E-state index in [2.05, 4.69) is 5.32 Å². The van der Waals surface area contributed by atoms with Gasteiger partial charge in [0, 0.05) is 26.2 Å². The molecule has 1 N–H and O–H groups in total. The average Bonchev–Trinajstić information content (AvgIpc) is 2.71. The molecule has 0 aliphatic carbocycles. The molecule has 0 unspecified atom stereocenters. The van der Waals surface area contributed by atoms with Crippen LogP contribution in [0.1, 0.15) is 25.8 Å². The molecule has 0 saturated carbocycles. The van der Waals surface area contributed by atoms with Crippen LogP contribution in [-0.2, 0) is 30.1 Å². The fourth-order valence-corrected chi connectivity index (χ4v) is 4.78. The molecule has 0 aromatic heterocycles. The maximum absolute atomic E-state index is 12.6. The number of nitrogens with one attached hydrogen (secondary N) is 1. The fraction of sp³-hybridized carbons (Fsp3) is 0.600. The average molecular weight is 426 g/mol. The molecule has 1 aromatic carbocycles. The lowest BCUT2D eigenvalue weighted by molar-refractivity contribution is -0.146. The largest absolute Gasteiger partial charge is 0.467 e. The molecule has 2 atom stereocenters. The molecule has 2 rings (SSSR count). The molecule has 1 aliphatic rings. The SMILES string of the molecule is CC[C@H](C)[C@H](NC(=O)CN1CCN(S(=O)(=O)Cc2ccccc2)CC1)C(=O)OC. The zero-order valence-corrected chi connectivity index (χ0v) is 18.2. The Morgan fingerprint density at radius 1 is 1.14 bits per heavy atom. The van der Waals surface area contributed by atoms with Crippen molar-refractivity contribution in [3.8, 4) is 0 Å². The van der Waals surface area contributed by atoms with Crippen LogP contribution < -0.4 is 5.32 Å². The van der Waals surface area contributed by atoms with E-state index in [9.17, 15) is 18.0 Å². The number of esters is 1. The molecule has 1 fully saturated rings. The van der Waals surface area contributed by atoms with Crippen LogP contribution in [0.2, 0.25) is 0 Å². The Morgan fingerprint density at radius 3 is 2.31 bits per heavy atom. The van der Waals surface area contributed by atoms with Crippen molar-refractivity contribution in [1.29, 1.82) is 0 Å². The number of carbonyl (C=O) groups excluding carboxylic acids is 2. The maximum Gasteiger partial charge on any atom is 0.328 e. The summed E-state index contributed by atoms with van der Waals surface area (Å²) in [5, 5.41) is 2.75. The van der Waals surface area contributed by atoms with E-state index in [-0.39, 0.29) is 24.1 Å². The van der Waals surface area contributed by atoms with E-state index < -0.39 is 22.0 Å². The zero-order valence-electron chi connectivity index (χ0n) is 17.3. The van der Waals surface area contributed by atoms with Gasteiger partial charge in [-0.15, -0.1) is 0 Å². The topological polar surface area (TPSA) is 96.0 Å². The lowest BCUT2D eigenvalue weighted by Gasteiger charge is -2.34. The van der Waals surface area contributed by atoms with Gasteiger partial charge in [0.05, 0.1) is 19.4 Å². The fourth-order valence-electron chi connectivity index (χ4n) is 3.26. The van der Waals surface area contributed by atoms with Gasteiger partial charge in [0.25, 0.3) is 0 Å². The number of methoxy groups -OCH3 is 1. The van der Waals surface area contributed by atoms with E-state index in [1.54, 1.807) is 12.1 Å². The number of nitrogens with zero attached hydrogens (tertiary/aromatic N) is 2. The summed E-state index contributed by atoms with van der Waals surface area (Å²) in [6.07, 6.45) is 0.734. The van der Waals surface area contributed by atoms with Crippen molar-refractivity contribution in [1.82, 2.24) is 14.5 Å². The predicted octanol–water partition coefficient (Wildman–Crippen LogP) is 0.838. The predicted molar refractivity (Wildman–Crippen MR) is 110 cm³/mol. The first-order valence-electron chi connectivity index (χ1n) is 9.88. The molecule has 1 heterocycles. The number of hydrogen-bond donors (Lipinski definition) is 1. The summed E-state index contributed by atoms with van der Waals surface area (Å²) in [6, 6.07) is 8.42. The maximum atomic E-state index is 12.6. The van der Waals surface area contributed by atoms with Crippen LogP contribution in [0.4, 0.5) is 0 Å². The number of amides is 1. The van der Waals surface area contributed by atoms with Crippen LogP contribution >= 0.6 is 0 Å². The van der Waals surface area contributed by atoms with Gasteiger partial charge in [-0.05, 0) is 11.5 Å². The molecular formula is C20H31N3O5S. The normalized spacial score (nSPS) is 18.0. The second kappa shape index (κ2) is 10.7. The van der Waals surface area contributed by atoms with Gasteiger partial charge in [-0.1, -0.05) is 50.6 Å². The van der Waals surface area contributed by atoms with Crippen LogP contribution in [0.25, 0.3) is 0 Å². The minimum absolute atomic E-state index is 0.0238. The van der Waals surface area contributed by atoms with Gasteiger partial charge in [0.1, 0.15) is 6.04 Å². The number of rotatable bonds is 9. The van der Waals surface area contributed by atoms with Crippen molar-refractivity contribution < 1.29 is 22.7 Å². The van der Waals surface area contributed by atoms with E-state index in [1.807, 2.05) is 36.9 Å². The number of sulfonamides is 1. The Morgan fingerprint density at radius 2 is 1.76 bits per heavy atom. The van der Waals surface area contributed by atoms with Crippen molar-refractivity contribution in [2.24, 2.45) is 5.92 Å². The quantitative estimate of drug-likeness (QED) is 0.589. The number of benzene rings is 1. The summed E-state index contributed by atoms with van der Waals surface area (Å²) < 4.78 is 31.5. The second-order valence-corrected chi connectivity index (χ2v) is 9.34. The van der Waals surface area contributed by atoms with E-state index in [1.165, 1.54) is 11.4 Å². The van der Waals surface area contributed by atoms with E-state index in [0.29, 0.717) is 26.2 Å². The van der Waals surface area contributed by atoms with Crippen molar-refractivity contribution in [2.75, 3.05) is 39.8 Å². The van der Waals surface area contributed by atoms with E-state index >= 15 is 0 Å². The van der Waals surface area contributed by atoms with E-state index in [4.69, 9.17) is 4.74 Å². The number of ether oxygens (including phenoxy) is 1. The molecule has 1 saturated heterocycles. The molecule has 162 valence electrons. The first kappa shape index (κ1) is 23.3. The van der Waals surface area contributed by atoms with Gasteiger partial charge >= 0.3 is 5.97 Å². The van der Waals surface area contributed by atoms with Gasteiger partial charge in [-0.25, -0.2) is 13.2 Å². The van der Waals surface area contributed by atoms with Crippen LogP contribution in [0.15, 0.2) is 30.3 Å². The number of carbonyl (C=O) groups is 2. The smallest absolute Gasteiger partial charge is 0.328 e. The lowest BCUT2D eigenvalue weighted by Crippen LogP contribution is -2.53. The van der Waals surface area contributed by atoms with Crippen LogP contribution in [0.3, 0.4) is 0 Å². The third-order valence-electron chi connectivity index (χ3n) is 5.27. The molecule has 1 amide bonds. The summed E-state index contributed by atoms with van der Waals surface area (Å²) in [5.41, 5.74) is 0.758. The van der Waals surface area contributed by atoms with E-state index in [0.717, 1.165) is 12.0 Å². The monoisotopic (exact) mass is 425 g/mol. The first-order valence-corrected chi connectivity index (χ1v) is 11.5. The minimum Gasteiger partial charge on any atom is -0.467 e. The summed E-state index contributed by atoms with van der Waals surface area (Å²) in [4.78, 5) is 26.2. The summed E-state index contributed by atoms with van der Waals surface area (Å²) in [5.74, 6) is -0.776. The van der Waals surface area contributed by atoms with Crippen molar-refractivity contribution in [3.63, 3.8) is 0 Å². The molecule has 29 heavy (non-hydrogen) atoms. The molecule has 1 aromatic rings. The third-order valence-corrected chi connectivity index (χ3v) is 7.12. The highest BCUT2D eigenvalue weighted by atomic mass is 32.2. The van der Waals surface area contributed by atoms with Crippen molar-refractivity contribution in [2.45, 2.75) is 32.1 Å². The van der Waals surface area contributed by atoms with Gasteiger partial charge in [0.15, 0.2) is 0 Å². The van der Waals surface area contributed by atoms with Gasteiger partial charge in [-0.2, -0.15) is 4.31 Å². The molecule has 0 radical (unpaired) electrons. The molecule has 0 spiro atoms. The Bertz CT molecular complexity index is 777. The standard InChI is InChI=1S/C20H31N3O5S/c1-4-16(2)19(20(25)28-3)21-18(24)14-22-10-12-23(13-11-22)29(26,27)15-17-8-6-5-7-9-17/h5-9,16,19H,4,10-15H2,1-3H3,(H,21,24)/t16-,19-/m0/s1. The van der Waals surface area contributed by atoms with Gasteiger partial charge < -0.3 is 10.1 Å². The Labute approximate surface area is 173 Å². The van der Waals surface area contributed by atoms with Crippen LogP contribution in [-0.4, -0.2) is 75.4 Å². The highest BCUT2D eigenvalue weighted by molar-refractivity contribution is 7.88. The Hall–Kier alpha value is -1.97. The van der Waals surface area contributed by atoms with Crippen LogP contribution in [0.5, 0.6) is 0 Å². The third kappa shape index (κ3) is 6.80. The summed E-state index contributed by atoms with van der Waals surface area (Å²) in [7, 11) is -2.09.